The van der Waals surface area contributed by atoms with Crippen molar-refractivity contribution in [2.45, 2.75) is 58.9 Å². The molecular formula is C15H31BN2O3. The van der Waals surface area contributed by atoms with Gasteiger partial charge in [-0.1, -0.05) is 6.42 Å². The normalized spacial score (nSPS) is 22.9. The molecule has 5 nitrogen and oxygen atoms in total. The van der Waals surface area contributed by atoms with Gasteiger partial charge in [-0.05, 0) is 71.8 Å². The van der Waals surface area contributed by atoms with Crippen molar-refractivity contribution in [1.29, 1.82) is 0 Å². The molecule has 21 heavy (non-hydrogen) atoms. The lowest BCUT2D eigenvalue weighted by atomic mass is 9.79. The molecule has 0 amide bonds. The maximum atomic E-state index is 11.6. The predicted molar refractivity (Wildman–Crippen MR) is 86.0 cm³/mol. The number of nitrogens with one attached hydrogen (secondary N) is 2. The molecule has 0 bridgehead atoms. The largest absolute Gasteiger partial charge is 0.459 e. The Hall–Kier alpha value is -0.585. The zero-order chi connectivity index (χ0) is 15.9. The van der Waals surface area contributed by atoms with Crippen LogP contribution in [0.3, 0.4) is 0 Å². The van der Waals surface area contributed by atoms with Gasteiger partial charge in [-0.25, -0.2) is 0 Å². The summed E-state index contributed by atoms with van der Waals surface area (Å²) in [6, 6.07) is 0. The highest BCUT2D eigenvalue weighted by Gasteiger charge is 2.23. The summed E-state index contributed by atoms with van der Waals surface area (Å²) in [7, 11) is -0.435. The van der Waals surface area contributed by atoms with Gasteiger partial charge in [-0.2, -0.15) is 0 Å². The Bertz CT molecular complexity index is 319. The highest BCUT2D eigenvalue weighted by Crippen LogP contribution is 2.28. The Morgan fingerprint density at radius 1 is 1.29 bits per heavy atom. The molecule has 0 unspecified atom stereocenters. The van der Waals surface area contributed by atoms with Crippen LogP contribution in [0.2, 0.25) is 6.82 Å². The summed E-state index contributed by atoms with van der Waals surface area (Å²) in [6.07, 6.45) is 4.82. The number of hydrogen-bond acceptors (Lipinski definition) is 5. The lowest BCUT2D eigenvalue weighted by Crippen LogP contribution is -2.38. The van der Waals surface area contributed by atoms with Crippen molar-refractivity contribution >= 4 is 13.0 Å². The number of ether oxygens (including phenoxy) is 1. The number of rotatable bonds is 7. The Kier molecular flexibility index (Phi) is 7.70. The van der Waals surface area contributed by atoms with Crippen molar-refractivity contribution in [2.24, 2.45) is 11.8 Å². The zero-order valence-corrected chi connectivity index (χ0v) is 13.9. The van der Waals surface area contributed by atoms with Crippen molar-refractivity contribution in [3.63, 3.8) is 0 Å². The minimum atomic E-state index is -0.435. The lowest BCUT2D eigenvalue weighted by molar-refractivity contribution is -0.153. The minimum absolute atomic E-state index is 0.189. The van der Waals surface area contributed by atoms with Crippen LogP contribution in [0.4, 0.5) is 0 Å². The molecule has 0 spiro atoms. The summed E-state index contributed by atoms with van der Waals surface area (Å²) in [5.41, 5.74) is -0.415. The second-order valence-electron chi connectivity index (χ2n) is 7.20. The zero-order valence-electron chi connectivity index (χ0n) is 13.9. The third-order valence-electron chi connectivity index (χ3n) is 3.72. The number of esters is 1. The van der Waals surface area contributed by atoms with Crippen LogP contribution in [0.1, 0.15) is 46.5 Å². The van der Waals surface area contributed by atoms with Crippen LogP contribution >= 0.6 is 0 Å². The predicted octanol–water partition coefficient (Wildman–Crippen LogP) is 1.42. The van der Waals surface area contributed by atoms with E-state index in [9.17, 15) is 9.82 Å². The van der Waals surface area contributed by atoms with E-state index < -0.39 is 12.7 Å². The highest BCUT2D eigenvalue weighted by atomic mass is 16.6. The molecule has 3 N–H and O–H groups in total. The summed E-state index contributed by atoms with van der Waals surface area (Å²) in [4.78, 5) is 11.6. The molecule has 1 saturated carbocycles. The van der Waals surface area contributed by atoms with Crippen LogP contribution in [-0.2, 0) is 9.53 Å². The van der Waals surface area contributed by atoms with E-state index in [1.165, 1.54) is 19.3 Å². The maximum absolute atomic E-state index is 11.6. The van der Waals surface area contributed by atoms with Crippen LogP contribution in [0.5, 0.6) is 0 Å². The van der Waals surface area contributed by atoms with Crippen molar-refractivity contribution in [2.75, 3.05) is 19.6 Å². The molecule has 1 fully saturated rings. The molecule has 0 aromatic heterocycles. The van der Waals surface area contributed by atoms with Gasteiger partial charge in [0.2, 0.25) is 0 Å². The lowest BCUT2D eigenvalue weighted by Gasteiger charge is -2.29. The minimum Gasteiger partial charge on any atom is -0.459 e. The molecule has 0 aliphatic heterocycles. The molecule has 0 aromatic carbocycles. The van der Waals surface area contributed by atoms with E-state index in [1.807, 2.05) is 20.8 Å². The molecule has 122 valence electrons. The molecule has 2 atom stereocenters. The molecule has 6 heteroatoms. The summed E-state index contributed by atoms with van der Waals surface area (Å²) in [6.45, 7) is 9.42. The van der Waals surface area contributed by atoms with Gasteiger partial charge >= 0.3 is 13.0 Å². The molecule has 0 aromatic rings. The molecule has 1 rings (SSSR count). The third kappa shape index (κ3) is 9.12. The van der Waals surface area contributed by atoms with Gasteiger partial charge in [0.05, 0.1) is 6.54 Å². The fourth-order valence-electron chi connectivity index (χ4n) is 2.87. The molecule has 1 aliphatic carbocycles. The van der Waals surface area contributed by atoms with Gasteiger partial charge in [0.15, 0.2) is 0 Å². The maximum Gasteiger partial charge on any atom is 0.373 e. The van der Waals surface area contributed by atoms with Crippen molar-refractivity contribution in [3.8, 4) is 0 Å². The van der Waals surface area contributed by atoms with Gasteiger partial charge in [0, 0.05) is 0 Å². The number of carbonyl (C=O) groups is 1. The van der Waals surface area contributed by atoms with Crippen molar-refractivity contribution in [3.05, 3.63) is 0 Å². The third-order valence-corrected chi connectivity index (χ3v) is 3.72. The van der Waals surface area contributed by atoms with Gasteiger partial charge in [0.1, 0.15) is 5.60 Å². The first-order valence-corrected chi connectivity index (χ1v) is 8.10. The van der Waals surface area contributed by atoms with Gasteiger partial charge in [-0.15, -0.1) is 0 Å². The summed E-state index contributed by atoms with van der Waals surface area (Å²) in [5, 5.41) is 15.6. The summed E-state index contributed by atoms with van der Waals surface area (Å²) < 4.78 is 5.27. The average Bonchev–Trinajstić information content (AvgIpc) is 2.34. The van der Waals surface area contributed by atoms with Gasteiger partial charge in [-0.3, -0.25) is 4.79 Å². The van der Waals surface area contributed by atoms with Crippen LogP contribution < -0.4 is 10.5 Å². The molecule has 1 aliphatic rings. The van der Waals surface area contributed by atoms with E-state index in [4.69, 9.17) is 4.74 Å². The first-order chi connectivity index (χ1) is 9.76. The summed E-state index contributed by atoms with van der Waals surface area (Å²) in [5.74, 6) is 1.05. The molecule has 0 saturated heterocycles. The van der Waals surface area contributed by atoms with E-state index in [2.05, 4.69) is 10.5 Å². The van der Waals surface area contributed by atoms with Crippen LogP contribution in [0.15, 0.2) is 0 Å². The van der Waals surface area contributed by atoms with E-state index in [1.54, 1.807) is 6.82 Å². The van der Waals surface area contributed by atoms with E-state index in [-0.39, 0.29) is 12.5 Å². The van der Waals surface area contributed by atoms with Gasteiger partial charge in [0.25, 0.3) is 0 Å². The second-order valence-corrected chi connectivity index (χ2v) is 7.20. The Labute approximate surface area is 129 Å². The summed E-state index contributed by atoms with van der Waals surface area (Å²) >= 11 is 0. The Morgan fingerprint density at radius 2 is 1.90 bits per heavy atom. The second kappa shape index (κ2) is 8.76. The van der Waals surface area contributed by atoms with Crippen LogP contribution in [-0.4, -0.2) is 43.3 Å². The fourth-order valence-corrected chi connectivity index (χ4v) is 2.87. The topological polar surface area (TPSA) is 70.6 Å². The first kappa shape index (κ1) is 18.5. The molecule has 0 heterocycles. The Balaban J connectivity index is 2.18. The van der Waals surface area contributed by atoms with E-state index in [0.29, 0.717) is 11.8 Å². The number of carbonyl (C=O) groups excluding carboxylic acids is 1. The molecule has 0 radical (unpaired) electrons. The van der Waals surface area contributed by atoms with Crippen molar-refractivity contribution < 1.29 is 14.6 Å². The quantitative estimate of drug-likeness (QED) is 0.490. The van der Waals surface area contributed by atoms with Crippen molar-refractivity contribution in [1.82, 2.24) is 10.5 Å². The average molecular weight is 298 g/mol. The van der Waals surface area contributed by atoms with E-state index in [0.717, 1.165) is 19.5 Å². The SMILES string of the molecule is CB(O)NC[C@H]1CCC[C@@H](CNCC(=O)OC(C)(C)C)C1. The Morgan fingerprint density at radius 3 is 2.48 bits per heavy atom. The fraction of sp³-hybridized carbons (Fsp3) is 0.933. The first-order valence-electron chi connectivity index (χ1n) is 8.10. The van der Waals surface area contributed by atoms with E-state index >= 15 is 0 Å². The monoisotopic (exact) mass is 298 g/mol. The van der Waals surface area contributed by atoms with Crippen LogP contribution in [0, 0.1) is 11.8 Å². The molecular weight excluding hydrogens is 267 g/mol. The smallest absolute Gasteiger partial charge is 0.373 e. The van der Waals surface area contributed by atoms with Gasteiger partial charge < -0.3 is 20.3 Å². The number of hydrogen-bond donors (Lipinski definition) is 3. The highest BCUT2D eigenvalue weighted by molar-refractivity contribution is 6.45. The standard InChI is InChI=1S/C15H31BN2O3/c1-15(2,3)21-14(19)11-17-9-12-6-5-7-13(8-12)10-18-16(4)20/h12-13,17-18,20H,5-11H2,1-4H3/t12-,13+/m1/s1. The van der Waals surface area contributed by atoms with Crippen LogP contribution in [0.25, 0.3) is 0 Å².